The molecule has 1 amide bonds. The molecule has 0 unspecified atom stereocenters. The van der Waals surface area contributed by atoms with Gasteiger partial charge in [0, 0.05) is 12.0 Å². The van der Waals surface area contributed by atoms with Gasteiger partial charge in [0.2, 0.25) is 5.91 Å². The first-order valence-electron chi connectivity index (χ1n) is 6.58. The Morgan fingerprint density at radius 2 is 2.17 bits per heavy atom. The van der Waals surface area contributed by atoms with Gasteiger partial charge in [-0.15, -0.1) is 0 Å². The number of hydrogen-bond donors (Lipinski definition) is 2. The molecule has 0 aliphatic carbocycles. The van der Waals surface area contributed by atoms with Crippen LogP contribution in [0.3, 0.4) is 0 Å². The summed E-state index contributed by atoms with van der Waals surface area (Å²) in [5, 5.41) is 6.04. The van der Waals surface area contributed by atoms with Crippen molar-refractivity contribution in [1.82, 2.24) is 10.6 Å². The summed E-state index contributed by atoms with van der Waals surface area (Å²) in [7, 11) is 0. The number of carbonyl (C=O) groups excluding carboxylic acids is 2. The minimum atomic E-state index is -0.340. The Labute approximate surface area is 109 Å². The zero-order valence-electron chi connectivity index (χ0n) is 11.7. The normalized spacial score (nSPS) is 21.6. The van der Waals surface area contributed by atoms with Crippen LogP contribution in [0.2, 0.25) is 0 Å². The summed E-state index contributed by atoms with van der Waals surface area (Å²) in [5.41, 5.74) is -0.263. The lowest BCUT2D eigenvalue weighted by Gasteiger charge is -2.26. The molecule has 18 heavy (non-hydrogen) atoms. The van der Waals surface area contributed by atoms with E-state index in [9.17, 15) is 9.59 Å². The molecule has 2 atom stereocenters. The quantitative estimate of drug-likeness (QED) is 0.719. The number of amides is 1. The van der Waals surface area contributed by atoms with Crippen LogP contribution in [0.15, 0.2) is 0 Å². The van der Waals surface area contributed by atoms with E-state index in [1.54, 1.807) is 0 Å². The van der Waals surface area contributed by atoms with Crippen molar-refractivity contribution >= 4 is 11.9 Å². The summed E-state index contributed by atoms with van der Waals surface area (Å²) in [6, 6.07) is -0.669. The van der Waals surface area contributed by atoms with Crippen LogP contribution in [-0.2, 0) is 14.3 Å². The molecule has 1 rings (SSSR count). The molecule has 5 heteroatoms. The standard InChI is InChI=1S/C13H24N2O3/c1-5-6-9(11(16)15-13(2,3)4)14-10-7-8-18-12(10)17/h9-10,14H,5-8H2,1-4H3,(H,15,16)/t9-,10-/m0/s1. The molecular weight excluding hydrogens is 232 g/mol. The van der Waals surface area contributed by atoms with E-state index in [4.69, 9.17) is 4.74 Å². The van der Waals surface area contributed by atoms with Gasteiger partial charge in [-0.3, -0.25) is 14.9 Å². The van der Waals surface area contributed by atoms with Crippen molar-refractivity contribution in [2.24, 2.45) is 0 Å². The van der Waals surface area contributed by atoms with E-state index < -0.39 is 0 Å². The zero-order valence-corrected chi connectivity index (χ0v) is 11.7. The Kier molecular flexibility index (Phi) is 5.14. The Bertz CT molecular complexity index is 310. The minimum absolute atomic E-state index is 0.0518. The van der Waals surface area contributed by atoms with Crippen molar-refractivity contribution in [3.05, 3.63) is 0 Å². The molecule has 0 radical (unpaired) electrons. The van der Waals surface area contributed by atoms with Gasteiger partial charge in [0.1, 0.15) is 6.04 Å². The van der Waals surface area contributed by atoms with Gasteiger partial charge in [0.15, 0.2) is 0 Å². The van der Waals surface area contributed by atoms with Gasteiger partial charge in [-0.25, -0.2) is 0 Å². The zero-order chi connectivity index (χ0) is 13.8. The van der Waals surface area contributed by atoms with Crippen LogP contribution in [0, 0.1) is 0 Å². The molecule has 1 aliphatic rings. The third-order valence-corrected chi connectivity index (χ3v) is 2.73. The van der Waals surface area contributed by atoms with Gasteiger partial charge in [-0.05, 0) is 27.2 Å². The molecule has 1 fully saturated rings. The molecule has 1 heterocycles. The van der Waals surface area contributed by atoms with Crippen LogP contribution < -0.4 is 10.6 Å². The third-order valence-electron chi connectivity index (χ3n) is 2.73. The van der Waals surface area contributed by atoms with Crippen LogP contribution in [0.25, 0.3) is 0 Å². The van der Waals surface area contributed by atoms with Crippen molar-refractivity contribution in [3.63, 3.8) is 0 Å². The predicted octanol–water partition coefficient (Wildman–Crippen LogP) is 0.975. The Hall–Kier alpha value is -1.10. The lowest BCUT2D eigenvalue weighted by atomic mass is 10.1. The average Bonchev–Trinajstić information content (AvgIpc) is 2.61. The lowest BCUT2D eigenvalue weighted by Crippen LogP contribution is -2.53. The monoisotopic (exact) mass is 256 g/mol. The van der Waals surface area contributed by atoms with Crippen LogP contribution in [-0.4, -0.2) is 36.1 Å². The molecule has 0 aromatic heterocycles. The fourth-order valence-corrected chi connectivity index (χ4v) is 1.93. The number of esters is 1. The van der Waals surface area contributed by atoms with Gasteiger partial charge in [-0.1, -0.05) is 13.3 Å². The van der Waals surface area contributed by atoms with Gasteiger partial charge in [-0.2, -0.15) is 0 Å². The van der Waals surface area contributed by atoms with Crippen LogP contribution in [0.1, 0.15) is 47.0 Å². The number of hydrogen-bond acceptors (Lipinski definition) is 4. The smallest absolute Gasteiger partial charge is 0.323 e. The van der Waals surface area contributed by atoms with Crippen LogP contribution in [0.4, 0.5) is 0 Å². The molecule has 0 aromatic carbocycles. The Morgan fingerprint density at radius 1 is 1.50 bits per heavy atom. The van der Waals surface area contributed by atoms with E-state index in [1.165, 1.54) is 0 Å². The second-order valence-corrected chi connectivity index (χ2v) is 5.76. The SMILES string of the molecule is CCC[C@H](N[C@H]1CCOC1=O)C(=O)NC(C)(C)C. The van der Waals surface area contributed by atoms with Crippen molar-refractivity contribution in [1.29, 1.82) is 0 Å². The van der Waals surface area contributed by atoms with E-state index in [1.807, 2.05) is 27.7 Å². The van der Waals surface area contributed by atoms with Crippen LogP contribution in [0.5, 0.6) is 0 Å². The number of carbonyl (C=O) groups is 2. The number of ether oxygens (including phenoxy) is 1. The maximum atomic E-state index is 12.1. The number of cyclic esters (lactones) is 1. The van der Waals surface area contributed by atoms with Crippen molar-refractivity contribution in [3.8, 4) is 0 Å². The molecule has 1 aliphatic heterocycles. The highest BCUT2D eigenvalue weighted by Gasteiger charge is 2.31. The molecular formula is C13H24N2O3. The maximum Gasteiger partial charge on any atom is 0.323 e. The van der Waals surface area contributed by atoms with E-state index in [2.05, 4.69) is 10.6 Å². The number of nitrogens with one attached hydrogen (secondary N) is 2. The highest BCUT2D eigenvalue weighted by molar-refractivity contribution is 5.84. The summed E-state index contributed by atoms with van der Waals surface area (Å²) in [5.74, 6) is -0.302. The summed E-state index contributed by atoms with van der Waals surface area (Å²) >= 11 is 0. The van der Waals surface area contributed by atoms with Crippen molar-refractivity contribution < 1.29 is 14.3 Å². The van der Waals surface area contributed by atoms with Crippen molar-refractivity contribution in [2.45, 2.75) is 64.6 Å². The second kappa shape index (κ2) is 6.18. The molecule has 2 N–H and O–H groups in total. The third kappa shape index (κ3) is 4.64. The van der Waals surface area contributed by atoms with Gasteiger partial charge in [0.05, 0.1) is 12.6 Å². The Morgan fingerprint density at radius 3 is 2.61 bits per heavy atom. The highest BCUT2D eigenvalue weighted by atomic mass is 16.5. The lowest BCUT2D eigenvalue weighted by molar-refractivity contribution is -0.140. The first kappa shape index (κ1) is 15.0. The average molecular weight is 256 g/mol. The van der Waals surface area contributed by atoms with Crippen molar-refractivity contribution in [2.75, 3.05) is 6.61 Å². The first-order valence-corrected chi connectivity index (χ1v) is 6.58. The first-order chi connectivity index (χ1) is 8.33. The fraction of sp³-hybridized carbons (Fsp3) is 0.846. The predicted molar refractivity (Wildman–Crippen MR) is 69.1 cm³/mol. The summed E-state index contributed by atoms with van der Waals surface area (Å²) in [6.07, 6.45) is 2.24. The molecule has 0 aromatic rings. The van der Waals surface area contributed by atoms with E-state index in [0.717, 1.165) is 6.42 Å². The highest BCUT2D eigenvalue weighted by Crippen LogP contribution is 2.10. The van der Waals surface area contributed by atoms with Crippen LogP contribution >= 0.6 is 0 Å². The largest absolute Gasteiger partial charge is 0.464 e. The molecule has 104 valence electrons. The van der Waals surface area contributed by atoms with Gasteiger partial charge in [0.25, 0.3) is 0 Å². The van der Waals surface area contributed by atoms with E-state index in [-0.39, 0.29) is 29.5 Å². The van der Waals surface area contributed by atoms with Gasteiger partial charge < -0.3 is 10.1 Å². The summed E-state index contributed by atoms with van der Waals surface area (Å²) in [4.78, 5) is 23.5. The Balaban J connectivity index is 2.58. The summed E-state index contributed by atoms with van der Waals surface area (Å²) < 4.78 is 4.89. The van der Waals surface area contributed by atoms with Gasteiger partial charge >= 0.3 is 5.97 Å². The molecule has 0 saturated carbocycles. The molecule has 1 saturated heterocycles. The molecule has 5 nitrogen and oxygen atoms in total. The maximum absolute atomic E-state index is 12.1. The second-order valence-electron chi connectivity index (χ2n) is 5.76. The summed E-state index contributed by atoms with van der Waals surface area (Å²) in [6.45, 7) is 8.29. The molecule has 0 spiro atoms. The topological polar surface area (TPSA) is 67.4 Å². The molecule has 0 bridgehead atoms. The fourth-order valence-electron chi connectivity index (χ4n) is 1.93. The van der Waals surface area contributed by atoms with E-state index in [0.29, 0.717) is 19.4 Å². The number of rotatable bonds is 5. The van der Waals surface area contributed by atoms with E-state index >= 15 is 0 Å². The minimum Gasteiger partial charge on any atom is -0.464 e.